The number of benzene rings is 2. The summed E-state index contributed by atoms with van der Waals surface area (Å²) in [7, 11) is 0. The lowest BCUT2D eigenvalue weighted by molar-refractivity contribution is -0.385. The van der Waals surface area contributed by atoms with Gasteiger partial charge in [-0.3, -0.25) is 10.1 Å². The zero-order chi connectivity index (χ0) is 13.1. The Morgan fingerprint density at radius 1 is 1.17 bits per heavy atom. The minimum absolute atomic E-state index is 0.0626. The number of aromatic hydroxyl groups is 1. The smallest absolute Gasteiger partial charge is 0.311 e. The molecule has 2 rings (SSSR count). The third-order valence-electron chi connectivity index (χ3n) is 2.40. The first-order valence-corrected chi connectivity index (χ1v) is 5.29. The Hall–Kier alpha value is -2.56. The van der Waals surface area contributed by atoms with Crippen molar-refractivity contribution in [2.75, 3.05) is 0 Å². The van der Waals surface area contributed by atoms with Crippen LogP contribution in [0.25, 0.3) is 0 Å². The number of nitro benzene ring substituents is 1. The van der Waals surface area contributed by atoms with Crippen molar-refractivity contribution in [3.05, 3.63) is 58.1 Å². The summed E-state index contributed by atoms with van der Waals surface area (Å²) < 4.78 is 5.36. The molecule has 0 spiro atoms. The van der Waals surface area contributed by atoms with Crippen LogP contribution in [0.4, 0.5) is 5.69 Å². The van der Waals surface area contributed by atoms with Gasteiger partial charge >= 0.3 is 5.69 Å². The molecular weight excluding hydrogens is 234 g/mol. The van der Waals surface area contributed by atoms with Crippen LogP contribution < -0.4 is 4.74 Å². The van der Waals surface area contributed by atoms with Crippen LogP contribution >= 0.6 is 0 Å². The van der Waals surface area contributed by atoms with Gasteiger partial charge < -0.3 is 9.84 Å². The van der Waals surface area contributed by atoms with E-state index in [1.165, 1.54) is 18.2 Å². The van der Waals surface area contributed by atoms with Gasteiger partial charge in [-0.1, -0.05) is 18.2 Å². The lowest BCUT2D eigenvalue weighted by Crippen LogP contribution is -1.94. The summed E-state index contributed by atoms with van der Waals surface area (Å²) in [5.41, 5.74) is 0.643. The van der Waals surface area contributed by atoms with Crippen LogP contribution in [0.2, 0.25) is 0 Å². The highest BCUT2D eigenvalue weighted by atomic mass is 16.6. The topological polar surface area (TPSA) is 72.6 Å². The summed E-state index contributed by atoms with van der Waals surface area (Å²) in [5, 5.41) is 20.5. The molecule has 2 aromatic carbocycles. The molecule has 5 heteroatoms. The molecule has 0 unspecified atom stereocenters. The molecule has 0 aromatic heterocycles. The van der Waals surface area contributed by atoms with E-state index in [1.54, 1.807) is 31.2 Å². The highest BCUT2D eigenvalue weighted by molar-refractivity contribution is 5.52. The molecule has 18 heavy (non-hydrogen) atoms. The van der Waals surface area contributed by atoms with Crippen LogP contribution in [0, 0.1) is 17.0 Å². The highest BCUT2D eigenvalue weighted by Crippen LogP contribution is 2.35. The van der Waals surface area contributed by atoms with E-state index in [2.05, 4.69) is 0 Å². The maximum atomic E-state index is 10.9. The Morgan fingerprint density at radius 2 is 1.89 bits per heavy atom. The van der Waals surface area contributed by atoms with Crippen LogP contribution in [0.15, 0.2) is 42.5 Å². The number of aryl methyl sites for hydroxylation is 1. The Labute approximate surface area is 103 Å². The molecule has 0 amide bonds. The molecule has 0 aliphatic rings. The first-order chi connectivity index (χ1) is 8.58. The predicted octanol–water partition coefficient (Wildman–Crippen LogP) is 3.40. The number of para-hydroxylation sites is 2. The number of phenols is 1. The number of hydrogen-bond donors (Lipinski definition) is 1. The molecule has 0 radical (unpaired) electrons. The number of phenolic OH excluding ortho intramolecular Hbond substituents is 1. The van der Waals surface area contributed by atoms with Crippen LogP contribution in [-0.2, 0) is 0 Å². The second kappa shape index (κ2) is 4.75. The van der Waals surface area contributed by atoms with Crippen molar-refractivity contribution in [2.45, 2.75) is 6.92 Å². The number of nitro groups is 1. The maximum Gasteiger partial charge on any atom is 0.311 e. The zero-order valence-corrected chi connectivity index (χ0v) is 9.66. The largest absolute Gasteiger partial charge is 0.504 e. The van der Waals surface area contributed by atoms with Crippen molar-refractivity contribution in [3.63, 3.8) is 0 Å². The molecular formula is C13H11NO4. The van der Waals surface area contributed by atoms with Gasteiger partial charge in [0.25, 0.3) is 0 Å². The van der Waals surface area contributed by atoms with Gasteiger partial charge in [-0.2, -0.15) is 0 Å². The Morgan fingerprint density at radius 3 is 2.56 bits per heavy atom. The molecule has 0 heterocycles. The summed E-state index contributed by atoms with van der Waals surface area (Å²) in [5.74, 6) is 0.226. The van der Waals surface area contributed by atoms with Gasteiger partial charge in [0.2, 0.25) is 5.75 Å². The number of nitrogens with zero attached hydrogens (tertiary/aromatic N) is 1. The molecule has 0 aliphatic heterocycles. The quantitative estimate of drug-likeness (QED) is 0.664. The third-order valence-corrected chi connectivity index (χ3v) is 2.40. The average Bonchev–Trinajstić information content (AvgIpc) is 2.34. The van der Waals surface area contributed by atoms with Crippen molar-refractivity contribution in [1.29, 1.82) is 0 Å². The standard InChI is InChI=1S/C13H11NO4/c1-9-6-7-12(10(8-9)14(16)17)18-13-5-3-2-4-11(13)15/h2-8,15H,1H3. The zero-order valence-electron chi connectivity index (χ0n) is 9.66. The Kier molecular flexibility index (Phi) is 3.14. The van der Waals surface area contributed by atoms with Crippen molar-refractivity contribution >= 4 is 5.69 Å². The van der Waals surface area contributed by atoms with Crippen LogP contribution in [-0.4, -0.2) is 10.0 Å². The van der Waals surface area contributed by atoms with Gasteiger partial charge in [0.15, 0.2) is 11.5 Å². The molecule has 2 aromatic rings. The minimum Gasteiger partial charge on any atom is -0.504 e. The predicted molar refractivity (Wildman–Crippen MR) is 66.0 cm³/mol. The highest BCUT2D eigenvalue weighted by Gasteiger charge is 2.16. The fourth-order valence-corrected chi connectivity index (χ4v) is 1.52. The van der Waals surface area contributed by atoms with Gasteiger partial charge in [-0.05, 0) is 30.7 Å². The molecule has 5 nitrogen and oxygen atoms in total. The molecule has 1 N–H and O–H groups in total. The van der Waals surface area contributed by atoms with E-state index < -0.39 is 4.92 Å². The molecule has 0 aliphatic carbocycles. The van der Waals surface area contributed by atoms with E-state index in [1.807, 2.05) is 0 Å². The first-order valence-electron chi connectivity index (χ1n) is 5.29. The molecule has 0 atom stereocenters. The van der Waals surface area contributed by atoms with Crippen LogP contribution in [0.3, 0.4) is 0 Å². The van der Waals surface area contributed by atoms with E-state index >= 15 is 0 Å². The van der Waals surface area contributed by atoms with E-state index in [9.17, 15) is 15.2 Å². The summed E-state index contributed by atoms with van der Waals surface area (Å²) in [6.07, 6.45) is 0. The summed E-state index contributed by atoms with van der Waals surface area (Å²) in [6, 6.07) is 11.0. The van der Waals surface area contributed by atoms with Gasteiger partial charge in [0, 0.05) is 6.07 Å². The third kappa shape index (κ3) is 2.40. The number of ether oxygens (including phenoxy) is 1. The number of rotatable bonds is 3. The fraction of sp³-hybridized carbons (Fsp3) is 0.0769. The molecule has 0 saturated carbocycles. The first kappa shape index (κ1) is 11.9. The van der Waals surface area contributed by atoms with E-state index in [0.29, 0.717) is 0 Å². The van der Waals surface area contributed by atoms with Gasteiger partial charge in [-0.15, -0.1) is 0 Å². The Balaban J connectivity index is 2.41. The Bertz CT molecular complexity index is 595. The monoisotopic (exact) mass is 245 g/mol. The second-order valence-electron chi connectivity index (χ2n) is 3.80. The van der Waals surface area contributed by atoms with Gasteiger partial charge in [0.05, 0.1) is 4.92 Å². The van der Waals surface area contributed by atoms with Crippen molar-refractivity contribution in [2.24, 2.45) is 0 Å². The minimum atomic E-state index is -0.512. The fourth-order valence-electron chi connectivity index (χ4n) is 1.52. The lowest BCUT2D eigenvalue weighted by Gasteiger charge is -2.08. The average molecular weight is 245 g/mol. The van der Waals surface area contributed by atoms with E-state index in [-0.39, 0.29) is 22.9 Å². The lowest BCUT2D eigenvalue weighted by atomic mass is 10.2. The second-order valence-corrected chi connectivity index (χ2v) is 3.80. The van der Waals surface area contributed by atoms with Crippen LogP contribution in [0.5, 0.6) is 17.2 Å². The van der Waals surface area contributed by atoms with Gasteiger partial charge in [0.1, 0.15) is 0 Å². The molecule has 92 valence electrons. The summed E-state index contributed by atoms with van der Waals surface area (Å²) in [6.45, 7) is 1.76. The van der Waals surface area contributed by atoms with Crippen molar-refractivity contribution in [3.8, 4) is 17.2 Å². The normalized spacial score (nSPS) is 10.1. The van der Waals surface area contributed by atoms with E-state index in [4.69, 9.17) is 4.74 Å². The van der Waals surface area contributed by atoms with Crippen molar-refractivity contribution in [1.82, 2.24) is 0 Å². The SMILES string of the molecule is Cc1ccc(Oc2ccccc2O)c([N+](=O)[O-])c1. The van der Waals surface area contributed by atoms with Crippen molar-refractivity contribution < 1.29 is 14.8 Å². The van der Waals surface area contributed by atoms with E-state index in [0.717, 1.165) is 5.56 Å². The summed E-state index contributed by atoms with van der Waals surface area (Å²) >= 11 is 0. The maximum absolute atomic E-state index is 10.9. The molecule has 0 bridgehead atoms. The van der Waals surface area contributed by atoms with Crippen LogP contribution in [0.1, 0.15) is 5.56 Å². The molecule has 0 saturated heterocycles. The molecule has 0 fully saturated rings. The number of hydrogen-bond acceptors (Lipinski definition) is 4. The summed E-state index contributed by atoms with van der Waals surface area (Å²) in [4.78, 5) is 10.4. The van der Waals surface area contributed by atoms with Gasteiger partial charge in [-0.25, -0.2) is 0 Å².